The Morgan fingerprint density at radius 3 is 2.66 bits per heavy atom. The first-order chi connectivity index (χ1) is 14.0. The van der Waals surface area contributed by atoms with Crippen LogP contribution in [0.1, 0.15) is 36.6 Å². The molecule has 0 unspecified atom stereocenters. The molecule has 0 spiro atoms. The Kier molecular flexibility index (Phi) is 6.67. The van der Waals surface area contributed by atoms with Crippen molar-refractivity contribution in [3.63, 3.8) is 0 Å². The number of carbonyl (C=O) groups excluding carboxylic acids is 1. The number of carbonyl (C=O) groups is 1. The summed E-state index contributed by atoms with van der Waals surface area (Å²) in [5.41, 5.74) is 3.78. The summed E-state index contributed by atoms with van der Waals surface area (Å²) in [4.78, 5) is 16.5. The van der Waals surface area contributed by atoms with Crippen molar-refractivity contribution in [3.8, 4) is 22.1 Å². The number of hydrogen-bond donors (Lipinski definition) is 1. The molecule has 6 heteroatoms. The number of benzene rings is 2. The molecule has 5 nitrogen and oxygen atoms in total. The first-order valence-electron chi connectivity index (χ1n) is 9.23. The Balaban J connectivity index is 1.57. The number of methoxy groups -OCH3 is 1. The molecular weight excluding hydrogens is 386 g/mol. The molecule has 0 aliphatic rings. The topological polar surface area (TPSA) is 68.7 Å². The molecule has 0 atom stereocenters. The minimum Gasteiger partial charge on any atom is -0.504 e. The highest BCUT2D eigenvalue weighted by molar-refractivity contribution is 7.13. The highest BCUT2D eigenvalue weighted by atomic mass is 32.1. The molecule has 2 aromatic carbocycles. The summed E-state index contributed by atoms with van der Waals surface area (Å²) in [7, 11) is 1.47. The Bertz CT molecular complexity index is 1010. The molecule has 0 amide bonds. The van der Waals surface area contributed by atoms with Crippen LogP contribution in [0.5, 0.6) is 11.5 Å². The van der Waals surface area contributed by atoms with Crippen LogP contribution in [0, 0.1) is 0 Å². The van der Waals surface area contributed by atoms with E-state index in [4.69, 9.17) is 9.47 Å². The van der Waals surface area contributed by atoms with Crippen LogP contribution in [-0.4, -0.2) is 23.2 Å². The molecule has 1 heterocycles. The minimum atomic E-state index is -0.465. The first-order valence-corrected chi connectivity index (χ1v) is 10.1. The second-order valence-electron chi connectivity index (χ2n) is 6.79. The van der Waals surface area contributed by atoms with Gasteiger partial charge in [0.25, 0.3) is 0 Å². The number of aromatic hydroxyl groups is 1. The van der Waals surface area contributed by atoms with E-state index in [1.54, 1.807) is 18.2 Å². The highest BCUT2D eigenvalue weighted by Gasteiger charge is 2.08. The Morgan fingerprint density at radius 2 is 1.97 bits per heavy atom. The van der Waals surface area contributed by atoms with Crippen molar-refractivity contribution < 1.29 is 19.4 Å². The lowest BCUT2D eigenvalue weighted by Crippen LogP contribution is -2.01. The van der Waals surface area contributed by atoms with Crippen LogP contribution in [-0.2, 0) is 16.1 Å². The van der Waals surface area contributed by atoms with Gasteiger partial charge in [0.1, 0.15) is 11.6 Å². The van der Waals surface area contributed by atoms with Gasteiger partial charge < -0.3 is 14.6 Å². The van der Waals surface area contributed by atoms with Gasteiger partial charge in [0.2, 0.25) is 0 Å². The van der Waals surface area contributed by atoms with E-state index in [0.29, 0.717) is 17.4 Å². The zero-order valence-corrected chi connectivity index (χ0v) is 17.4. The molecule has 0 bridgehead atoms. The second kappa shape index (κ2) is 9.39. The van der Waals surface area contributed by atoms with E-state index in [-0.39, 0.29) is 12.4 Å². The van der Waals surface area contributed by atoms with Crippen molar-refractivity contribution >= 4 is 23.4 Å². The maximum atomic E-state index is 12.0. The molecule has 0 saturated carbocycles. The van der Waals surface area contributed by atoms with E-state index in [9.17, 15) is 9.90 Å². The number of phenols is 1. The van der Waals surface area contributed by atoms with Crippen LogP contribution in [0.2, 0.25) is 0 Å². The lowest BCUT2D eigenvalue weighted by molar-refractivity contribution is -0.139. The molecule has 3 rings (SSSR count). The van der Waals surface area contributed by atoms with Crippen LogP contribution in [0.25, 0.3) is 16.6 Å². The molecule has 29 heavy (non-hydrogen) atoms. The molecule has 0 aliphatic heterocycles. The van der Waals surface area contributed by atoms with Gasteiger partial charge in [-0.1, -0.05) is 44.2 Å². The zero-order chi connectivity index (χ0) is 20.8. The normalized spacial score (nSPS) is 11.2. The average molecular weight is 410 g/mol. The zero-order valence-electron chi connectivity index (χ0n) is 16.6. The first kappa shape index (κ1) is 20.6. The van der Waals surface area contributed by atoms with Gasteiger partial charge in [-0.25, -0.2) is 9.78 Å². The molecule has 3 aromatic rings. The number of nitrogens with zero attached hydrogens (tertiary/aromatic N) is 1. The van der Waals surface area contributed by atoms with E-state index < -0.39 is 5.97 Å². The predicted molar refractivity (Wildman–Crippen MR) is 115 cm³/mol. The van der Waals surface area contributed by atoms with E-state index in [1.165, 1.54) is 36.2 Å². The lowest BCUT2D eigenvalue weighted by Gasteiger charge is -2.05. The van der Waals surface area contributed by atoms with E-state index in [0.717, 1.165) is 16.1 Å². The third kappa shape index (κ3) is 5.45. The second-order valence-corrected chi connectivity index (χ2v) is 7.65. The quantitative estimate of drug-likeness (QED) is 0.418. The van der Waals surface area contributed by atoms with Gasteiger partial charge in [0.15, 0.2) is 11.5 Å². The van der Waals surface area contributed by atoms with Crippen LogP contribution in [0.3, 0.4) is 0 Å². The van der Waals surface area contributed by atoms with Crippen molar-refractivity contribution in [1.82, 2.24) is 4.98 Å². The third-order valence-electron chi connectivity index (χ3n) is 4.35. The monoisotopic (exact) mass is 409 g/mol. The van der Waals surface area contributed by atoms with Crippen molar-refractivity contribution in [2.24, 2.45) is 0 Å². The predicted octanol–water partition coefficient (Wildman–Crippen LogP) is 5.40. The van der Waals surface area contributed by atoms with Gasteiger partial charge in [-0.15, -0.1) is 11.3 Å². The lowest BCUT2D eigenvalue weighted by atomic mass is 10.0. The van der Waals surface area contributed by atoms with Gasteiger partial charge in [-0.2, -0.15) is 0 Å². The molecule has 0 radical (unpaired) electrons. The Labute approximate surface area is 174 Å². The maximum Gasteiger partial charge on any atom is 0.331 e. The summed E-state index contributed by atoms with van der Waals surface area (Å²) in [6.07, 6.45) is 2.94. The number of esters is 1. The molecular formula is C23H23NO4S. The fourth-order valence-electron chi connectivity index (χ4n) is 2.67. The van der Waals surface area contributed by atoms with Crippen LogP contribution >= 0.6 is 11.3 Å². The fraction of sp³-hybridized carbons (Fsp3) is 0.217. The van der Waals surface area contributed by atoms with Crippen LogP contribution in [0.4, 0.5) is 0 Å². The van der Waals surface area contributed by atoms with Crippen molar-refractivity contribution in [3.05, 3.63) is 70.7 Å². The van der Waals surface area contributed by atoms with Crippen LogP contribution in [0.15, 0.2) is 53.9 Å². The fourth-order valence-corrected chi connectivity index (χ4v) is 3.48. The molecule has 1 aromatic heterocycles. The van der Waals surface area contributed by atoms with Crippen molar-refractivity contribution in [2.75, 3.05) is 7.11 Å². The van der Waals surface area contributed by atoms with E-state index >= 15 is 0 Å². The number of thiazole rings is 1. The molecule has 0 fully saturated rings. The van der Waals surface area contributed by atoms with Crippen LogP contribution < -0.4 is 4.74 Å². The number of rotatable bonds is 7. The van der Waals surface area contributed by atoms with Gasteiger partial charge in [-0.3, -0.25) is 0 Å². The van der Waals surface area contributed by atoms with Gasteiger partial charge >= 0.3 is 5.97 Å². The molecule has 150 valence electrons. The number of ether oxygens (including phenoxy) is 2. The number of hydrogen-bond acceptors (Lipinski definition) is 6. The van der Waals surface area contributed by atoms with Gasteiger partial charge in [0.05, 0.1) is 12.8 Å². The largest absolute Gasteiger partial charge is 0.504 e. The standard InChI is InChI=1S/C23H23NO4S/c1-15(2)17-6-8-18(9-7-17)23-24-19(14-29-23)13-28-22(26)11-5-16-4-10-20(25)21(12-16)27-3/h4-12,14-15,25H,13H2,1-3H3/b11-5+. The third-order valence-corrected chi connectivity index (χ3v) is 5.29. The van der Waals surface area contributed by atoms with E-state index in [1.807, 2.05) is 5.38 Å². The summed E-state index contributed by atoms with van der Waals surface area (Å²) >= 11 is 1.53. The molecule has 0 saturated heterocycles. The summed E-state index contributed by atoms with van der Waals surface area (Å²) in [6, 6.07) is 13.2. The summed E-state index contributed by atoms with van der Waals surface area (Å²) < 4.78 is 10.3. The van der Waals surface area contributed by atoms with Gasteiger partial charge in [0, 0.05) is 17.0 Å². The summed E-state index contributed by atoms with van der Waals surface area (Å²) in [5, 5.41) is 12.4. The Morgan fingerprint density at radius 1 is 1.21 bits per heavy atom. The SMILES string of the molecule is COc1cc(/C=C/C(=O)OCc2csc(-c3ccc(C(C)C)cc3)n2)ccc1O. The maximum absolute atomic E-state index is 12.0. The number of phenolic OH excluding ortho intramolecular Hbond substituents is 1. The molecule has 1 N–H and O–H groups in total. The van der Waals surface area contributed by atoms with Crippen molar-refractivity contribution in [2.45, 2.75) is 26.4 Å². The Hall–Kier alpha value is -3.12. The average Bonchev–Trinajstić information content (AvgIpc) is 3.20. The minimum absolute atomic E-state index is 0.0467. The summed E-state index contributed by atoms with van der Waals surface area (Å²) in [6.45, 7) is 4.44. The molecule has 0 aliphatic carbocycles. The smallest absolute Gasteiger partial charge is 0.331 e. The highest BCUT2D eigenvalue weighted by Crippen LogP contribution is 2.27. The van der Waals surface area contributed by atoms with Gasteiger partial charge in [-0.05, 0) is 35.3 Å². The summed E-state index contributed by atoms with van der Waals surface area (Å²) in [5.74, 6) is 0.418. The number of aromatic nitrogens is 1. The van der Waals surface area contributed by atoms with Crippen molar-refractivity contribution in [1.29, 1.82) is 0 Å². The van der Waals surface area contributed by atoms with E-state index in [2.05, 4.69) is 43.1 Å².